The lowest BCUT2D eigenvalue weighted by Crippen LogP contribution is -2.62. The molecule has 3 aliphatic heterocycles. The number of phenols is 1. The summed E-state index contributed by atoms with van der Waals surface area (Å²) in [4.78, 5) is 38.5. The predicted octanol–water partition coefficient (Wildman–Crippen LogP) is 2.78. The molecule has 3 fully saturated rings. The van der Waals surface area contributed by atoms with Crippen LogP contribution < -0.4 is 35.5 Å². The number of epoxide rings is 1. The topological polar surface area (TPSA) is 180 Å². The Labute approximate surface area is 332 Å². The van der Waals surface area contributed by atoms with Crippen molar-refractivity contribution in [2.75, 3.05) is 26.4 Å². The maximum Gasteiger partial charge on any atom is 0.243 e. The van der Waals surface area contributed by atoms with Crippen LogP contribution in [0.5, 0.6) is 23.0 Å². The van der Waals surface area contributed by atoms with Crippen molar-refractivity contribution in [2.24, 2.45) is 0 Å². The molecule has 0 aromatic heterocycles. The number of hydrogen-bond donors (Lipinski definition) is 6. The van der Waals surface area contributed by atoms with E-state index in [0.29, 0.717) is 43.9 Å². The van der Waals surface area contributed by atoms with E-state index in [9.17, 15) is 24.6 Å². The monoisotopic (exact) mass is 778 g/mol. The predicted molar refractivity (Wildman–Crippen MR) is 211 cm³/mol. The van der Waals surface area contributed by atoms with E-state index < -0.39 is 23.8 Å². The smallest absolute Gasteiger partial charge is 0.243 e. The van der Waals surface area contributed by atoms with Gasteiger partial charge >= 0.3 is 0 Å². The molecule has 4 aromatic carbocycles. The van der Waals surface area contributed by atoms with Crippen LogP contribution in [0.2, 0.25) is 0 Å². The third-order valence-corrected chi connectivity index (χ3v) is 10.5. The van der Waals surface area contributed by atoms with Crippen molar-refractivity contribution in [2.45, 2.75) is 81.5 Å². The Morgan fingerprint density at radius 2 is 1.11 bits per heavy atom. The summed E-state index contributed by atoms with van der Waals surface area (Å²) in [5.41, 5.74) is 2.78. The number of carbonyl (C=O) groups is 3. The van der Waals surface area contributed by atoms with Gasteiger partial charge < -0.3 is 50.4 Å². The highest BCUT2D eigenvalue weighted by Crippen LogP contribution is 2.24. The van der Waals surface area contributed by atoms with Crippen molar-refractivity contribution in [1.29, 1.82) is 0 Å². The second-order valence-corrected chi connectivity index (χ2v) is 15.5. The SMILES string of the molecule is CC(C)(Oc1ccc(CC2NCC(Cc3ccc(OCC4CO4)cc3)NC2=O)cc1)C(O)COc1ccc(CC2NC(=O)C(Cc3ccc(O)cc3)NC2=O)cc1. The van der Waals surface area contributed by atoms with Gasteiger partial charge in [0.25, 0.3) is 0 Å². The van der Waals surface area contributed by atoms with Crippen LogP contribution in [0.1, 0.15) is 36.1 Å². The zero-order chi connectivity index (χ0) is 39.9. The number of benzene rings is 4. The molecule has 3 saturated heterocycles. The number of aliphatic hydroxyl groups is 1. The van der Waals surface area contributed by atoms with Crippen molar-refractivity contribution in [3.63, 3.8) is 0 Å². The van der Waals surface area contributed by atoms with Crippen molar-refractivity contribution in [1.82, 2.24) is 21.3 Å². The largest absolute Gasteiger partial charge is 0.508 e. The Kier molecular flexibility index (Phi) is 12.3. The highest BCUT2D eigenvalue weighted by atomic mass is 16.6. The van der Waals surface area contributed by atoms with Crippen molar-refractivity contribution in [3.8, 4) is 23.0 Å². The third-order valence-electron chi connectivity index (χ3n) is 10.5. The van der Waals surface area contributed by atoms with Crippen LogP contribution in [0, 0.1) is 0 Å². The van der Waals surface area contributed by atoms with Gasteiger partial charge in [0.2, 0.25) is 17.7 Å². The number of piperazine rings is 2. The number of phenolic OH excluding ortho intramolecular Hbond substituents is 1. The second kappa shape index (κ2) is 17.7. The number of amides is 3. The standard InChI is InChI=1S/C44H50N4O9/c1-44(2,40(50)26-56-34-15-7-30(8-16-34)22-39-43(53)47-38(42(52)48-39)21-28-3-11-32(49)12-4-28)57-35-17-9-29(10-18-35)20-37-41(51)46-31(23-45-37)19-27-5-13-33(14-6-27)54-24-36-25-55-36/h3-18,31,36-40,45,49-50H,19-26H2,1-2H3,(H,46,51)(H,47,53)(H,48,52). The van der Waals surface area contributed by atoms with E-state index in [4.69, 9.17) is 18.9 Å². The number of hydrogen-bond acceptors (Lipinski definition) is 10. The van der Waals surface area contributed by atoms with Crippen LogP contribution in [0.15, 0.2) is 97.1 Å². The Bertz CT molecular complexity index is 1980. The zero-order valence-electron chi connectivity index (χ0n) is 32.1. The molecule has 3 amide bonds. The molecule has 6 atom stereocenters. The van der Waals surface area contributed by atoms with Crippen LogP contribution >= 0.6 is 0 Å². The molecule has 4 aromatic rings. The molecule has 6 N–H and O–H groups in total. The fraction of sp³-hybridized carbons (Fsp3) is 0.386. The van der Waals surface area contributed by atoms with E-state index in [1.807, 2.05) is 60.7 Å². The van der Waals surface area contributed by atoms with E-state index in [2.05, 4.69) is 21.3 Å². The minimum absolute atomic E-state index is 0.00591. The van der Waals surface area contributed by atoms with Crippen molar-refractivity contribution >= 4 is 17.7 Å². The summed E-state index contributed by atoms with van der Waals surface area (Å²) < 4.78 is 23.0. The molecular weight excluding hydrogens is 729 g/mol. The minimum atomic E-state index is -0.979. The normalized spacial score (nSPS) is 22.4. The van der Waals surface area contributed by atoms with Gasteiger partial charge in [-0.1, -0.05) is 48.5 Å². The van der Waals surface area contributed by atoms with E-state index >= 15 is 0 Å². The van der Waals surface area contributed by atoms with Gasteiger partial charge in [-0.05, 0) is 97.5 Å². The Morgan fingerprint density at radius 3 is 1.63 bits per heavy atom. The van der Waals surface area contributed by atoms with Crippen LogP contribution in [0.25, 0.3) is 0 Å². The molecule has 3 aliphatic rings. The molecule has 0 bridgehead atoms. The molecule has 57 heavy (non-hydrogen) atoms. The molecule has 0 spiro atoms. The summed E-state index contributed by atoms with van der Waals surface area (Å²) in [6, 6.07) is 27.4. The molecule has 13 heteroatoms. The first-order valence-corrected chi connectivity index (χ1v) is 19.4. The summed E-state index contributed by atoms with van der Waals surface area (Å²) in [5.74, 6) is 1.51. The Morgan fingerprint density at radius 1 is 0.649 bits per heavy atom. The highest BCUT2D eigenvalue weighted by Gasteiger charge is 2.34. The van der Waals surface area contributed by atoms with Crippen LogP contribution in [0.3, 0.4) is 0 Å². The van der Waals surface area contributed by atoms with Gasteiger partial charge in [-0.25, -0.2) is 0 Å². The first-order valence-electron chi connectivity index (χ1n) is 19.4. The molecule has 0 saturated carbocycles. The highest BCUT2D eigenvalue weighted by molar-refractivity contribution is 5.97. The van der Waals surface area contributed by atoms with E-state index in [1.165, 1.54) is 0 Å². The van der Waals surface area contributed by atoms with Gasteiger partial charge in [0, 0.05) is 25.4 Å². The van der Waals surface area contributed by atoms with Crippen LogP contribution in [-0.4, -0.2) is 96.3 Å². The second-order valence-electron chi connectivity index (χ2n) is 15.5. The first kappa shape index (κ1) is 39.6. The lowest BCUT2D eigenvalue weighted by Gasteiger charge is -2.32. The summed E-state index contributed by atoms with van der Waals surface area (Å²) >= 11 is 0. The molecule has 3 heterocycles. The maximum absolute atomic E-state index is 13.0. The summed E-state index contributed by atoms with van der Waals surface area (Å²) in [5, 5.41) is 32.7. The number of carbonyl (C=O) groups excluding carboxylic acids is 3. The van der Waals surface area contributed by atoms with E-state index in [1.54, 1.807) is 50.2 Å². The average Bonchev–Trinajstić information content (AvgIpc) is 4.03. The average molecular weight is 779 g/mol. The van der Waals surface area contributed by atoms with Crippen LogP contribution in [0.4, 0.5) is 0 Å². The maximum atomic E-state index is 13.0. The summed E-state index contributed by atoms with van der Waals surface area (Å²) in [7, 11) is 0. The van der Waals surface area contributed by atoms with Gasteiger partial charge in [0.05, 0.1) is 12.6 Å². The third kappa shape index (κ3) is 11.0. The van der Waals surface area contributed by atoms with Gasteiger partial charge in [0.15, 0.2) is 0 Å². The molecule has 7 rings (SSSR count). The number of ether oxygens (including phenoxy) is 4. The van der Waals surface area contributed by atoms with Gasteiger partial charge in [-0.2, -0.15) is 0 Å². The quantitative estimate of drug-likeness (QED) is 0.0874. The molecular formula is C44H50N4O9. The van der Waals surface area contributed by atoms with E-state index in [-0.39, 0.29) is 48.3 Å². The van der Waals surface area contributed by atoms with E-state index in [0.717, 1.165) is 41.0 Å². The fourth-order valence-electron chi connectivity index (χ4n) is 6.84. The zero-order valence-corrected chi connectivity index (χ0v) is 32.1. The van der Waals surface area contributed by atoms with Crippen molar-refractivity contribution < 1.29 is 43.5 Å². The fourth-order valence-corrected chi connectivity index (χ4v) is 6.84. The first-order chi connectivity index (χ1) is 27.5. The number of aliphatic hydroxyl groups excluding tert-OH is 1. The number of aromatic hydroxyl groups is 1. The lowest BCUT2D eigenvalue weighted by atomic mass is 9.98. The molecule has 13 nitrogen and oxygen atoms in total. The number of nitrogens with one attached hydrogen (secondary N) is 4. The molecule has 6 unspecified atom stereocenters. The number of rotatable bonds is 17. The molecule has 300 valence electrons. The van der Waals surface area contributed by atoms with Gasteiger partial charge in [-0.15, -0.1) is 0 Å². The minimum Gasteiger partial charge on any atom is -0.508 e. The summed E-state index contributed by atoms with van der Waals surface area (Å²) in [6.45, 7) is 5.55. The van der Waals surface area contributed by atoms with Gasteiger partial charge in [0.1, 0.15) is 66.1 Å². The summed E-state index contributed by atoms with van der Waals surface area (Å²) in [6.07, 6.45) is 1.12. The molecule has 0 aliphatic carbocycles. The molecule has 0 radical (unpaired) electrons. The lowest BCUT2D eigenvalue weighted by molar-refractivity contribution is -0.136. The van der Waals surface area contributed by atoms with Crippen LogP contribution in [-0.2, 0) is 44.8 Å². The van der Waals surface area contributed by atoms with Gasteiger partial charge in [-0.3, -0.25) is 14.4 Å². The van der Waals surface area contributed by atoms with Crippen molar-refractivity contribution in [3.05, 3.63) is 119 Å². The Balaban J connectivity index is 0.815. The Hall–Kier alpha value is -5.63.